The van der Waals surface area contributed by atoms with Gasteiger partial charge in [-0.2, -0.15) is 0 Å². The summed E-state index contributed by atoms with van der Waals surface area (Å²) >= 11 is 0. The molecule has 0 fully saturated rings. The number of nitrogens with zero attached hydrogens (tertiary/aromatic N) is 1. The van der Waals surface area contributed by atoms with Gasteiger partial charge >= 0.3 is 0 Å². The Hall–Kier alpha value is -1.32. The summed E-state index contributed by atoms with van der Waals surface area (Å²) < 4.78 is 6.03. The molecule has 0 saturated heterocycles. The minimum Gasteiger partial charge on any atom is -0.459 e. The number of benzene rings is 1. The predicted molar refractivity (Wildman–Crippen MR) is 84.8 cm³/mol. The van der Waals surface area contributed by atoms with Crippen molar-refractivity contribution in [2.24, 2.45) is 0 Å². The van der Waals surface area contributed by atoms with Gasteiger partial charge in [0.05, 0.1) is 6.54 Å². The molecule has 2 rings (SSSR count). The van der Waals surface area contributed by atoms with Gasteiger partial charge < -0.3 is 9.73 Å². The summed E-state index contributed by atoms with van der Waals surface area (Å²) in [7, 11) is 2.19. The summed E-state index contributed by atoms with van der Waals surface area (Å²) in [5, 5.41) is 4.62. The molecule has 0 aliphatic rings. The molecule has 0 amide bonds. The fraction of sp³-hybridized carbons (Fsp3) is 0.529. The molecule has 0 radical (unpaired) electrons. The van der Waals surface area contributed by atoms with Crippen molar-refractivity contribution in [2.45, 2.75) is 46.3 Å². The van der Waals surface area contributed by atoms with Crippen LogP contribution in [0.15, 0.2) is 28.7 Å². The zero-order valence-electron chi connectivity index (χ0n) is 13.1. The highest BCUT2D eigenvalue weighted by atomic mass is 16.3. The molecule has 1 aromatic carbocycles. The minimum absolute atomic E-state index is 0.579. The first kappa shape index (κ1) is 15.1. The number of furan rings is 1. The first-order valence-corrected chi connectivity index (χ1v) is 7.57. The Balaban J connectivity index is 2.32. The Labute approximate surface area is 122 Å². The summed E-state index contributed by atoms with van der Waals surface area (Å²) in [6.07, 6.45) is 1.16. The third-order valence-corrected chi connectivity index (χ3v) is 4.07. The highest BCUT2D eigenvalue weighted by Crippen LogP contribution is 2.27. The van der Waals surface area contributed by atoms with Crippen molar-refractivity contribution in [1.29, 1.82) is 0 Å². The Morgan fingerprint density at radius 3 is 2.70 bits per heavy atom. The van der Waals surface area contributed by atoms with E-state index in [9.17, 15) is 0 Å². The number of hydrogen-bond acceptors (Lipinski definition) is 3. The maximum atomic E-state index is 6.03. The van der Waals surface area contributed by atoms with Crippen molar-refractivity contribution < 1.29 is 4.42 Å². The van der Waals surface area contributed by atoms with Crippen molar-refractivity contribution in [3.8, 4) is 0 Å². The molecule has 1 N–H and O–H groups in total. The second-order valence-electron chi connectivity index (χ2n) is 5.45. The minimum atomic E-state index is 0.579. The lowest BCUT2D eigenvalue weighted by atomic mass is 10.1. The van der Waals surface area contributed by atoms with Crippen LogP contribution in [0.1, 0.15) is 38.5 Å². The highest BCUT2D eigenvalue weighted by molar-refractivity contribution is 5.82. The zero-order chi connectivity index (χ0) is 14.5. The van der Waals surface area contributed by atoms with Gasteiger partial charge in [-0.25, -0.2) is 0 Å². The van der Waals surface area contributed by atoms with Crippen LogP contribution in [0.2, 0.25) is 0 Å². The van der Waals surface area contributed by atoms with Crippen LogP contribution in [0.25, 0.3) is 11.0 Å². The summed E-state index contributed by atoms with van der Waals surface area (Å²) in [4.78, 5) is 2.40. The van der Waals surface area contributed by atoms with Gasteiger partial charge in [0.2, 0.25) is 0 Å². The van der Waals surface area contributed by atoms with Gasteiger partial charge in [0.25, 0.3) is 0 Å². The first-order chi connectivity index (χ1) is 9.67. The van der Waals surface area contributed by atoms with Gasteiger partial charge in [-0.1, -0.05) is 32.0 Å². The number of para-hydroxylation sites is 1. The number of nitrogens with one attached hydrogen (secondary N) is 1. The van der Waals surface area contributed by atoms with Crippen LogP contribution in [0.4, 0.5) is 0 Å². The maximum absolute atomic E-state index is 6.03. The topological polar surface area (TPSA) is 28.4 Å². The summed E-state index contributed by atoms with van der Waals surface area (Å²) in [5.41, 5.74) is 2.32. The molecule has 1 aromatic heterocycles. The molecular weight excluding hydrogens is 248 g/mol. The molecule has 0 aliphatic carbocycles. The SMILES string of the molecule is CCNCc1oc2ccccc2c1CN(C)C(C)CC. The molecule has 3 heteroatoms. The average molecular weight is 274 g/mol. The monoisotopic (exact) mass is 274 g/mol. The fourth-order valence-corrected chi connectivity index (χ4v) is 2.42. The Morgan fingerprint density at radius 2 is 2.00 bits per heavy atom. The van der Waals surface area contributed by atoms with E-state index in [2.05, 4.69) is 56.2 Å². The molecule has 1 unspecified atom stereocenters. The van der Waals surface area contributed by atoms with Crippen LogP contribution in [0.5, 0.6) is 0 Å². The quantitative estimate of drug-likeness (QED) is 0.833. The molecule has 2 aromatic rings. The lowest BCUT2D eigenvalue weighted by Crippen LogP contribution is -2.28. The summed E-state index contributed by atoms with van der Waals surface area (Å²) in [6.45, 7) is 9.31. The molecule has 0 spiro atoms. The molecule has 3 nitrogen and oxygen atoms in total. The normalized spacial score (nSPS) is 13.2. The van der Waals surface area contributed by atoms with E-state index in [-0.39, 0.29) is 0 Å². The average Bonchev–Trinajstić information content (AvgIpc) is 2.82. The van der Waals surface area contributed by atoms with Crippen molar-refractivity contribution in [1.82, 2.24) is 10.2 Å². The largest absolute Gasteiger partial charge is 0.459 e. The molecule has 1 heterocycles. The van der Waals surface area contributed by atoms with E-state index in [0.29, 0.717) is 6.04 Å². The maximum Gasteiger partial charge on any atom is 0.134 e. The Bertz CT molecular complexity index is 547. The standard InChI is InChI=1S/C17H26N2O/c1-5-13(3)19(4)12-15-14-9-7-8-10-16(14)20-17(15)11-18-6-2/h7-10,13,18H,5-6,11-12H2,1-4H3. The van der Waals surface area contributed by atoms with E-state index in [1.165, 1.54) is 10.9 Å². The Kier molecular flexibility index (Phi) is 5.21. The van der Waals surface area contributed by atoms with Gasteiger partial charge in [0.1, 0.15) is 11.3 Å². The number of rotatable bonds is 7. The fourth-order valence-electron chi connectivity index (χ4n) is 2.42. The van der Waals surface area contributed by atoms with Crippen LogP contribution in [-0.4, -0.2) is 24.5 Å². The first-order valence-electron chi connectivity index (χ1n) is 7.57. The molecular formula is C17H26N2O. The molecule has 1 atom stereocenters. The van der Waals surface area contributed by atoms with Crippen molar-refractivity contribution in [3.63, 3.8) is 0 Å². The van der Waals surface area contributed by atoms with Gasteiger partial charge in [-0.05, 0) is 33.0 Å². The Morgan fingerprint density at radius 1 is 1.25 bits per heavy atom. The lowest BCUT2D eigenvalue weighted by molar-refractivity contribution is 0.242. The second kappa shape index (κ2) is 6.91. The third kappa shape index (κ3) is 3.22. The van der Waals surface area contributed by atoms with E-state index in [4.69, 9.17) is 4.42 Å². The molecule has 20 heavy (non-hydrogen) atoms. The summed E-state index contributed by atoms with van der Waals surface area (Å²) in [5.74, 6) is 1.07. The van der Waals surface area contributed by atoms with E-state index < -0.39 is 0 Å². The zero-order valence-corrected chi connectivity index (χ0v) is 13.1. The molecule has 110 valence electrons. The van der Waals surface area contributed by atoms with Crippen LogP contribution in [0.3, 0.4) is 0 Å². The number of fused-ring (bicyclic) bond motifs is 1. The van der Waals surface area contributed by atoms with Crippen molar-refractivity contribution >= 4 is 11.0 Å². The molecule has 0 aliphatic heterocycles. The third-order valence-electron chi connectivity index (χ3n) is 4.07. The van der Waals surface area contributed by atoms with E-state index in [1.54, 1.807) is 0 Å². The van der Waals surface area contributed by atoms with Crippen LogP contribution < -0.4 is 5.32 Å². The van der Waals surface area contributed by atoms with Gasteiger partial charge in [-0.15, -0.1) is 0 Å². The molecule has 0 saturated carbocycles. The van der Waals surface area contributed by atoms with Crippen molar-refractivity contribution in [3.05, 3.63) is 35.6 Å². The lowest BCUT2D eigenvalue weighted by Gasteiger charge is -2.23. The molecule has 0 bridgehead atoms. The van der Waals surface area contributed by atoms with Gasteiger partial charge in [0, 0.05) is 23.5 Å². The van der Waals surface area contributed by atoms with Crippen molar-refractivity contribution in [2.75, 3.05) is 13.6 Å². The smallest absolute Gasteiger partial charge is 0.134 e. The van der Waals surface area contributed by atoms with E-state index in [1.807, 2.05) is 6.07 Å². The van der Waals surface area contributed by atoms with Crippen LogP contribution in [-0.2, 0) is 13.1 Å². The van der Waals surface area contributed by atoms with E-state index in [0.717, 1.165) is 37.4 Å². The summed E-state index contributed by atoms with van der Waals surface area (Å²) in [6, 6.07) is 8.91. The second-order valence-corrected chi connectivity index (χ2v) is 5.45. The highest BCUT2D eigenvalue weighted by Gasteiger charge is 2.17. The van der Waals surface area contributed by atoms with Gasteiger partial charge in [-0.3, -0.25) is 4.90 Å². The predicted octanol–water partition coefficient (Wildman–Crippen LogP) is 3.77. The van der Waals surface area contributed by atoms with Crippen LogP contribution in [0, 0.1) is 0 Å². The number of hydrogen-bond donors (Lipinski definition) is 1. The van der Waals surface area contributed by atoms with Gasteiger partial charge in [0.15, 0.2) is 0 Å². The van der Waals surface area contributed by atoms with Crippen LogP contribution >= 0.6 is 0 Å². The van der Waals surface area contributed by atoms with E-state index >= 15 is 0 Å².